The molecule has 0 bridgehead atoms. The van der Waals surface area contributed by atoms with Crippen LogP contribution in [0.4, 0.5) is 0 Å². The van der Waals surface area contributed by atoms with Gasteiger partial charge in [-0.2, -0.15) is 0 Å². The number of hydrogen-bond acceptors (Lipinski definition) is 7. The zero-order chi connectivity index (χ0) is 24.4. The molecule has 0 aromatic heterocycles. The van der Waals surface area contributed by atoms with E-state index in [-0.39, 0.29) is 24.6 Å². The van der Waals surface area contributed by atoms with E-state index in [0.29, 0.717) is 5.56 Å². The van der Waals surface area contributed by atoms with Crippen molar-refractivity contribution in [2.45, 2.75) is 44.8 Å². The van der Waals surface area contributed by atoms with Crippen LogP contribution in [-0.4, -0.2) is 64.5 Å². The molecule has 0 heterocycles. The molecule has 0 fully saturated rings. The molecular weight excluding hydrogens is 422 g/mol. The number of nitrogens with two attached hydrogens (primary N) is 2. The summed E-state index contributed by atoms with van der Waals surface area (Å²) in [5.74, 6) is -4.90. The molecule has 3 unspecified atom stereocenters. The van der Waals surface area contributed by atoms with Gasteiger partial charge in [0.2, 0.25) is 23.6 Å². The van der Waals surface area contributed by atoms with Crippen molar-refractivity contribution in [3.63, 3.8) is 0 Å². The molecule has 4 amide bonds. The van der Waals surface area contributed by atoms with Crippen LogP contribution in [0.15, 0.2) is 24.3 Å². The number of carbonyl (C=O) groups is 5. The third-order valence-corrected chi connectivity index (χ3v) is 4.48. The SMILES string of the molecule is CC(C)C(NC(=O)CN)C(=O)NC(CC(N)=O)C(=O)NC(Cc1ccc(O)cc1)C(=O)O. The highest BCUT2D eigenvalue weighted by Crippen LogP contribution is 2.12. The Labute approximate surface area is 184 Å². The Morgan fingerprint density at radius 2 is 1.50 bits per heavy atom. The summed E-state index contributed by atoms with van der Waals surface area (Å²) in [7, 11) is 0. The van der Waals surface area contributed by atoms with E-state index in [0.717, 1.165) is 0 Å². The van der Waals surface area contributed by atoms with Gasteiger partial charge < -0.3 is 37.6 Å². The fourth-order valence-electron chi connectivity index (χ4n) is 2.78. The number of aromatic hydroxyl groups is 1. The average Bonchev–Trinajstić information content (AvgIpc) is 2.71. The van der Waals surface area contributed by atoms with Crippen molar-refractivity contribution in [3.05, 3.63) is 29.8 Å². The Morgan fingerprint density at radius 3 is 1.97 bits per heavy atom. The number of rotatable bonds is 12. The molecule has 0 radical (unpaired) electrons. The number of phenols is 1. The van der Waals surface area contributed by atoms with Crippen LogP contribution in [0.2, 0.25) is 0 Å². The molecule has 176 valence electrons. The van der Waals surface area contributed by atoms with Gasteiger partial charge in [-0.1, -0.05) is 26.0 Å². The van der Waals surface area contributed by atoms with Gasteiger partial charge in [0.05, 0.1) is 13.0 Å². The Balaban J connectivity index is 2.97. The first-order valence-corrected chi connectivity index (χ1v) is 9.83. The minimum atomic E-state index is -1.46. The summed E-state index contributed by atoms with van der Waals surface area (Å²) in [6.45, 7) is 2.96. The number of benzene rings is 1. The first-order valence-electron chi connectivity index (χ1n) is 9.83. The van der Waals surface area contributed by atoms with Crippen molar-refractivity contribution >= 4 is 29.6 Å². The summed E-state index contributed by atoms with van der Waals surface area (Å²) in [6, 6.07) is 1.85. The van der Waals surface area contributed by atoms with E-state index >= 15 is 0 Å². The van der Waals surface area contributed by atoms with E-state index < -0.39 is 54.1 Å². The van der Waals surface area contributed by atoms with Crippen LogP contribution in [0.25, 0.3) is 0 Å². The molecule has 3 atom stereocenters. The van der Waals surface area contributed by atoms with Gasteiger partial charge >= 0.3 is 5.97 Å². The largest absolute Gasteiger partial charge is 0.508 e. The number of carboxylic acids is 1. The van der Waals surface area contributed by atoms with Crippen molar-refractivity contribution in [3.8, 4) is 5.75 Å². The summed E-state index contributed by atoms with van der Waals surface area (Å²) < 4.78 is 0. The normalized spacial score (nSPS) is 13.5. The summed E-state index contributed by atoms with van der Waals surface area (Å²) in [6.07, 6.45) is -0.696. The quantitative estimate of drug-likeness (QED) is 0.187. The first-order chi connectivity index (χ1) is 14.9. The highest BCUT2D eigenvalue weighted by atomic mass is 16.4. The third kappa shape index (κ3) is 8.60. The lowest BCUT2D eigenvalue weighted by Gasteiger charge is -2.25. The number of aliphatic carboxylic acids is 1. The molecule has 32 heavy (non-hydrogen) atoms. The van der Waals surface area contributed by atoms with Crippen LogP contribution in [0.1, 0.15) is 25.8 Å². The molecule has 1 aromatic rings. The number of nitrogens with one attached hydrogen (secondary N) is 3. The van der Waals surface area contributed by atoms with Gasteiger partial charge in [0.25, 0.3) is 0 Å². The van der Waals surface area contributed by atoms with Crippen LogP contribution in [0.5, 0.6) is 5.75 Å². The smallest absolute Gasteiger partial charge is 0.326 e. The maximum Gasteiger partial charge on any atom is 0.326 e. The van der Waals surface area contributed by atoms with E-state index in [1.165, 1.54) is 24.3 Å². The Kier molecular flexibility index (Phi) is 10.1. The first kappa shape index (κ1) is 26.4. The lowest BCUT2D eigenvalue weighted by atomic mass is 10.0. The summed E-state index contributed by atoms with van der Waals surface area (Å²) in [5.41, 5.74) is 11.0. The molecule has 12 nitrogen and oxygen atoms in total. The van der Waals surface area contributed by atoms with Gasteiger partial charge in [0.15, 0.2) is 0 Å². The fourth-order valence-corrected chi connectivity index (χ4v) is 2.78. The molecule has 0 saturated carbocycles. The minimum absolute atomic E-state index is 0.00433. The van der Waals surface area contributed by atoms with Crippen LogP contribution in [-0.2, 0) is 30.4 Å². The molecule has 9 N–H and O–H groups in total. The Bertz CT molecular complexity index is 841. The topological polar surface area (TPSA) is 214 Å². The second-order valence-corrected chi connectivity index (χ2v) is 7.49. The molecule has 1 rings (SSSR count). The molecule has 12 heteroatoms. The average molecular weight is 451 g/mol. The molecule has 0 spiro atoms. The summed E-state index contributed by atoms with van der Waals surface area (Å²) in [5, 5.41) is 25.8. The monoisotopic (exact) mass is 451 g/mol. The van der Waals surface area contributed by atoms with Crippen LogP contribution in [0.3, 0.4) is 0 Å². The molecule has 0 saturated heterocycles. The molecular formula is C20H29N5O7. The number of primary amides is 1. The van der Waals surface area contributed by atoms with Gasteiger partial charge in [0, 0.05) is 6.42 Å². The minimum Gasteiger partial charge on any atom is -0.508 e. The van der Waals surface area contributed by atoms with Crippen molar-refractivity contribution in [1.82, 2.24) is 16.0 Å². The van der Waals surface area contributed by atoms with Crippen LogP contribution in [0, 0.1) is 5.92 Å². The number of carbonyl (C=O) groups excluding carboxylic acids is 4. The lowest BCUT2D eigenvalue weighted by Crippen LogP contribution is -2.58. The van der Waals surface area contributed by atoms with Crippen molar-refractivity contribution in [2.24, 2.45) is 17.4 Å². The number of amides is 4. The second-order valence-electron chi connectivity index (χ2n) is 7.49. The maximum atomic E-state index is 12.7. The van der Waals surface area contributed by atoms with Crippen LogP contribution >= 0.6 is 0 Å². The van der Waals surface area contributed by atoms with Crippen molar-refractivity contribution in [2.75, 3.05) is 6.54 Å². The summed E-state index contributed by atoms with van der Waals surface area (Å²) in [4.78, 5) is 60.0. The molecule has 0 aliphatic heterocycles. The van der Waals surface area contributed by atoms with Gasteiger partial charge in [-0.15, -0.1) is 0 Å². The molecule has 1 aromatic carbocycles. The Morgan fingerprint density at radius 1 is 0.938 bits per heavy atom. The second kappa shape index (κ2) is 12.2. The van der Waals surface area contributed by atoms with E-state index in [4.69, 9.17) is 11.5 Å². The standard InChI is InChI=1S/C20H29N5O7/c1-10(2)17(25-16(28)9-21)19(30)23-13(8-15(22)27)18(29)24-14(20(31)32)7-11-3-5-12(26)6-4-11/h3-6,10,13-14,17,26H,7-9,21H2,1-2H3,(H2,22,27)(H,23,30)(H,24,29)(H,25,28)(H,31,32). The van der Waals surface area contributed by atoms with Gasteiger partial charge in [-0.3, -0.25) is 19.2 Å². The molecule has 0 aliphatic rings. The van der Waals surface area contributed by atoms with Crippen molar-refractivity contribution < 1.29 is 34.2 Å². The van der Waals surface area contributed by atoms with Crippen LogP contribution < -0.4 is 27.4 Å². The molecule has 0 aliphatic carbocycles. The number of carboxylic acid groups (broad SMARTS) is 1. The van der Waals surface area contributed by atoms with Gasteiger partial charge in [-0.05, 0) is 23.6 Å². The predicted octanol–water partition coefficient (Wildman–Crippen LogP) is -2.04. The van der Waals surface area contributed by atoms with Gasteiger partial charge in [-0.25, -0.2) is 4.79 Å². The summed E-state index contributed by atoms with van der Waals surface area (Å²) >= 11 is 0. The number of hydrogen-bond donors (Lipinski definition) is 7. The van der Waals surface area contributed by atoms with E-state index in [1.807, 2.05) is 0 Å². The van der Waals surface area contributed by atoms with E-state index in [2.05, 4.69) is 16.0 Å². The van der Waals surface area contributed by atoms with Crippen molar-refractivity contribution in [1.29, 1.82) is 0 Å². The highest BCUT2D eigenvalue weighted by molar-refractivity contribution is 5.95. The predicted molar refractivity (Wildman–Crippen MR) is 113 cm³/mol. The lowest BCUT2D eigenvalue weighted by molar-refractivity contribution is -0.142. The third-order valence-electron chi connectivity index (χ3n) is 4.48. The zero-order valence-electron chi connectivity index (χ0n) is 17.8. The highest BCUT2D eigenvalue weighted by Gasteiger charge is 2.31. The van der Waals surface area contributed by atoms with Gasteiger partial charge in [0.1, 0.15) is 23.9 Å². The maximum absolute atomic E-state index is 12.7. The number of phenolic OH excluding ortho intramolecular Hbond substituents is 1. The zero-order valence-corrected chi connectivity index (χ0v) is 17.8. The van der Waals surface area contributed by atoms with E-state index in [9.17, 15) is 34.2 Å². The fraction of sp³-hybridized carbons (Fsp3) is 0.450. The van der Waals surface area contributed by atoms with E-state index in [1.54, 1.807) is 13.8 Å². The Hall–Kier alpha value is -3.67.